The molecule has 1 amide bonds. The van der Waals surface area contributed by atoms with Crippen molar-refractivity contribution in [2.24, 2.45) is 5.92 Å². The van der Waals surface area contributed by atoms with E-state index in [1.807, 2.05) is 10.3 Å². The summed E-state index contributed by atoms with van der Waals surface area (Å²) >= 11 is 1.56. The Hall–Kier alpha value is -2.21. The molecule has 3 rings (SSSR count). The van der Waals surface area contributed by atoms with Gasteiger partial charge in [-0.1, -0.05) is 31.2 Å². The van der Waals surface area contributed by atoms with Crippen molar-refractivity contribution >= 4 is 23.2 Å². The molecule has 1 fully saturated rings. The topological polar surface area (TPSA) is 70.5 Å². The Labute approximate surface area is 157 Å². The minimum absolute atomic E-state index is 0.0805. The molecule has 0 atom stereocenters. The number of aryl methyl sites for hydroxylation is 1. The predicted molar refractivity (Wildman–Crippen MR) is 102 cm³/mol. The number of likely N-dealkylation sites (tertiary alicyclic amines) is 1. The molecule has 0 saturated carbocycles. The lowest BCUT2D eigenvalue weighted by atomic mass is 9.93. The third-order valence-electron chi connectivity index (χ3n) is 4.92. The molecule has 0 bridgehead atoms. The molecule has 26 heavy (non-hydrogen) atoms. The summed E-state index contributed by atoms with van der Waals surface area (Å²) in [6.45, 7) is 3.42. The quantitative estimate of drug-likeness (QED) is 0.841. The molecule has 0 spiro atoms. The molecule has 2 heterocycles. The van der Waals surface area contributed by atoms with Gasteiger partial charge in [-0.2, -0.15) is 0 Å². The number of hydrogen-bond donors (Lipinski definition) is 1. The SMILES string of the molecule is CCc1ccc(-c2nc(CC(=O)N3CCC(CC(=O)O)CC3)cs2)cc1. The van der Waals surface area contributed by atoms with Gasteiger partial charge in [-0.15, -0.1) is 11.3 Å². The molecule has 2 aromatic rings. The van der Waals surface area contributed by atoms with Gasteiger partial charge in [-0.25, -0.2) is 4.98 Å². The van der Waals surface area contributed by atoms with Crippen LogP contribution in [0.25, 0.3) is 10.6 Å². The molecule has 0 radical (unpaired) electrons. The first kappa shape index (κ1) is 18.6. The van der Waals surface area contributed by atoms with Crippen LogP contribution in [0.15, 0.2) is 29.6 Å². The molecular formula is C20H24N2O3S. The first-order chi connectivity index (χ1) is 12.5. The van der Waals surface area contributed by atoms with Gasteiger partial charge in [0, 0.05) is 30.5 Å². The number of carboxylic acid groups (broad SMARTS) is 1. The zero-order valence-corrected chi connectivity index (χ0v) is 15.8. The summed E-state index contributed by atoms with van der Waals surface area (Å²) in [6.07, 6.45) is 3.07. The molecule has 0 aliphatic carbocycles. The maximum Gasteiger partial charge on any atom is 0.303 e. The average molecular weight is 372 g/mol. The highest BCUT2D eigenvalue weighted by molar-refractivity contribution is 7.13. The molecule has 1 aromatic carbocycles. The summed E-state index contributed by atoms with van der Waals surface area (Å²) in [5, 5.41) is 11.8. The van der Waals surface area contributed by atoms with Gasteiger partial charge in [0.1, 0.15) is 5.01 Å². The third-order valence-corrected chi connectivity index (χ3v) is 5.86. The Kier molecular flexibility index (Phi) is 6.04. The van der Waals surface area contributed by atoms with Gasteiger partial charge in [0.2, 0.25) is 5.91 Å². The van der Waals surface area contributed by atoms with E-state index in [9.17, 15) is 9.59 Å². The van der Waals surface area contributed by atoms with Crippen LogP contribution in [0.2, 0.25) is 0 Å². The number of piperidine rings is 1. The number of carbonyl (C=O) groups is 2. The van der Waals surface area contributed by atoms with E-state index in [0.29, 0.717) is 19.5 Å². The summed E-state index contributed by atoms with van der Waals surface area (Å²) in [5.74, 6) is -0.484. The van der Waals surface area contributed by atoms with Crippen LogP contribution in [0.1, 0.15) is 37.4 Å². The second-order valence-electron chi connectivity index (χ2n) is 6.79. The highest BCUT2D eigenvalue weighted by atomic mass is 32.1. The molecule has 1 aliphatic heterocycles. The Morgan fingerprint density at radius 2 is 1.92 bits per heavy atom. The smallest absolute Gasteiger partial charge is 0.303 e. The van der Waals surface area contributed by atoms with E-state index in [0.717, 1.165) is 35.5 Å². The van der Waals surface area contributed by atoms with E-state index in [1.54, 1.807) is 11.3 Å². The van der Waals surface area contributed by atoms with E-state index >= 15 is 0 Å². The van der Waals surface area contributed by atoms with Gasteiger partial charge < -0.3 is 10.0 Å². The lowest BCUT2D eigenvalue weighted by molar-refractivity contribution is -0.138. The maximum atomic E-state index is 12.5. The first-order valence-electron chi connectivity index (χ1n) is 9.08. The highest BCUT2D eigenvalue weighted by Gasteiger charge is 2.24. The van der Waals surface area contributed by atoms with Crippen molar-refractivity contribution in [1.29, 1.82) is 0 Å². The normalized spacial score (nSPS) is 15.2. The summed E-state index contributed by atoms with van der Waals surface area (Å²) < 4.78 is 0. The van der Waals surface area contributed by atoms with Crippen molar-refractivity contribution < 1.29 is 14.7 Å². The van der Waals surface area contributed by atoms with Gasteiger partial charge in [-0.3, -0.25) is 9.59 Å². The van der Waals surface area contributed by atoms with Crippen molar-refractivity contribution in [3.05, 3.63) is 40.9 Å². The Morgan fingerprint density at radius 3 is 2.54 bits per heavy atom. The summed E-state index contributed by atoms with van der Waals surface area (Å²) in [5.41, 5.74) is 3.19. The number of aliphatic carboxylic acids is 1. The second-order valence-corrected chi connectivity index (χ2v) is 7.65. The van der Waals surface area contributed by atoms with E-state index in [-0.39, 0.29) is 18.2 Å². The second kappa shape index (κ2) is 8.45. The lowest BCUT2D eigenvalue weighted by Gasteiger charge is -2.31. The summed E-state index contributed by atoms with van der Waals surface area (Å²) in [6, 6.07) is 8.39. The van der Waals surface area contributed by atoms with Crippen molar-refractivity contribution in [1.82, 2.24) is 9.88 Å². The molecule has 0 unspecified atom stereocenters. The number of benzene rings is 1. The fraction of sp³-hybridized carbons (Fsp3) is 0.450. The summed E-state index contributed by atoms with van der Waals surface area (Å²) in [7, 11) is 0. The number of rotatable bonds is 6. The molecule has 1 N–H and O–H groups in total. The molecule has 1 aromatic heterocycles. The first-order valence-corrected chi connectivity index (χ1v) is 9.96. The van der Waals surface area contributed by atoms with Crippen LogP contribution in [0.5, 0.6) is 0 Å². The summed E-state index contributed by atoms with van der Waals surface area (Å²) in [4.78, 5) is 29.8. The van der Waals surface area contributed by atoms with Crippen LogP contribution in [-0.2, 0) is 22.4 Å². The van der Waals surface area contributed by atoms with E-state index in [4.69, 9.17) is 5.11 Å². The van der Waals surface area contributed by atoms with Crippen LogP contribution in [0.3, 0.4) is 0 Å². The number of nitrogens with zero attached hydrogens (tertiary/aromatic N) is 2. The van der Waals surface area contributed by atoms with Crippen LogP contribution < -0.4 is 0 Å². The minimum atomic E-state index is -0.753. The Bertz CT molecular complexity index is 762. The molecule has 6 heteroatoms. The average Bonchev–Trinajstić information content (AvgIpc) is 3.10. The van der Waals surface area contributed by atoms with Crippen molar-refractivity contribution in [3.8, 4) is 10.6 Å². The molecule has 1 aliphatic rings. The standard InChI is InChI=1S/C20H24N2O3S/c1-2-14-3-5-16(6-4-14)20-21-17(13-26-20)12-18(23)22-9-7-15(8-10-22)11-19(24)25/h3-6,13,15H,2,7-12H2,1H3,(H,24,25). The number of thiazole rings is 1. The fourth-order valence-electron chi connectivity index (χ4n) is 3.30. The van der Waals surface area contributed by atoms with Crippen LogP contribution in [0.4, 0.5) is 0 Å². The number of hydrogen-bond acceptors (Lipinski definition) is 4. The van der Waals surface area contributed by atoms with Crippen molar-refractivity contribution in [3.63, 3.8) is 0 Å². The van der Waals surface area contributed by atoms with Crippen LogP contribution in [0, 0.1) is 5.92 Å². The van der Waals surface area contributed by atoms with Gasteiger partial charge in [0.25, 0.3) is 0 Å². The monoisotopic (exact) mass is 372 g/mol. The largest absolute Gasteiger partial charge is 0.481 e. The number of amides is 1. The van der Waals surface area contributed by atoms with Gasteiger partial charge in [0.15, 0.2) is 0 Å². The zero-order valence-electron chi connectivity index (χ0n) is 15.0. The molecule has 138 valence electrons. The molecule has 5 nitrogen and oxygen atoms in total. The number of carboxylic acids is 1. The molecular weight excluding hydrogens is 348 g/mol. The highest BCUT2D eigenvalue weighted by Crippen LogP contribution is 2.25. The zero-order chi connectivity index (χ0) is 18.5. The van der Waals surface area contributed by atoms with E-state index in [1.165, 1.54) is 5.56 Å². The van der Waals surface area contributed by atoms with Gasteiger partial charge >= 0.3 is 5.97 Å². The molecule has 1 saturated heterocycles. The van der Waals surface area contributed by atoms with Crippen LogP contribution >= 0.6 is 11.3 Å². The van der Waals surface area contributed by atoms with E-state index in [2.05, 4.69) is 36.2 Å². The number of aromatic nitrogens is 1. The minimum Gasteiger partial charge on any atom is -0.481 e. The van der Waals surface area contributed by atoms with Crippen LogP contribution in [-0.4, -0.2) is 40.0 Å². The lowest BCUT2D eigenvalue weighted by Crippen LogP contribution is -2.39. The van der Waals surface area contributed by atoms with Gasteiger partial charge in [-0.05, 0) is 30.7 Å². The fourth-order valence-corrected chi connectivity index (χ4v) is 4.13. The Balaban J connectivity index is 1.55. The maximum absolute atomic E-state index is 12.5. The Morgan fingerprint density at radius 1 is 1.23 bits per heavy atom. The number of carbonyl (C=O) groups excluding carboxylic acids is 1. The van der Waals surface area contributed by atoms with E-state index < -0.39 is 5.97 Å². The third kappa shape index (κ3) is 4.69. The van der Waals surface area contributed by atoms with Crippen molar-refractivity contribution in [2.45, 2.75) is 39.0 Å². The van der Waals surface area contributed by atoms with Crippen molar-refractivity contribution in [2.75, 3.05) is 13.1 Å². The van der Waals surface area contributed by atoms with Gasteiger partial charge in [0.05, 0.1) is 12.1 Å². The predicted octanol–water partition coefficient (Wildman–Crippen LogP) is 3.63.